The topological polar surface area (TPSA) is 87.7 Å². The van der Waals surface area contributed by atoms with Gasteiger partial charge in [-0.3, -0.25) is 9.59 Å². The van der Waals surface area contributed by atoms with Crippen LogP contribution in [-0.4, -0.2) is 52.8 Å². The van der Waals surface area contributed by atoms with Crippen LogP contribution in [-0.2, 0) is 14.3 Å². The fourth-order valence-electron chi connectivity index (χ4n) is 4.55. The van der Waals surface area contributed by atoms with Crippen molar-refractivity contribution in [1.29, 1.82) is 0 Å². The summed E-state index contributed by atoms with van der Waals surface area (Å²) in [7, 11) is 0. The molecule has 1 aromatic rings. The minimum Gasteiger partial charge on any atom is -0.444 e. The van der Waals surface area contributed by atoms with E-state index >= 15 is 0 Å². The number of benzene rings is 1. The van der Waals surface area contributed by atoms with Crippen molar-refractivity contribution >= 4 is 30.5 Å². The number of nitrogens with one attached hydrogen (secondary N) is 2. The van der Waals surface area contributed by atoms with Crippen LogP contribution < -0.4 is 10.6 Å². The van der Waals surface area contributed by atoms with E-state index in [4.69, 9.17) is 4.74 Å². The number of thiol groups is 1. The van der Waals surface area contributed by atoms with Gasteiger partial charge >= 0.3 is 6.09 Å². The Bertz CT molecular complexity index is 822. The third-order valence-electron chi connectivity index (χ3n) is 6.33. The van der Waals surface area contributed by atoms with Crippen LogP contribution in [0, 0.1) is 0 Å². The Morgan fingerprint density at radius 1 is 1.06 bits per heavy atom. The SMILES string of the molecule is CCCCCCN(C(=O)C(CS)NC(=O)OC(C)(C)C)C(C(=O)NC1CCCCC1)c1ccccc1. The van der Waals surface area contributed by atoms with Crippen molar-refractivity contribution in [3.8, 4) is 0 Å². The van der Waals surface area contributed by atoms with Crippen LogP contribution in [0.2, 0.25) is 0 Å². The van der Waals surface area contributed by atoms with E-state index in [1.165, 1.54) is 6.42 Å². The van der Waals surface area contributed by atoms with E-state index in [0.717, 1.165) is 56.9 Å². The van der Waals surface area contributed by atoms with Crippen molar-refractivity contribution in [2.24, 2.45) is 0 Å². The predicted molar refractivity (Wildman–Crippen MR) is 147 cm³/mol. The number of carbonyl (C=O) groups is 3. The zero-order valence-corrected chi connectivity index (χ0v) is 23.3. The van der Waals surface area contributed by atoms with Gasteiger partial charge in [-0.1, -0.05) is 75.8 Å². The number of hydrogen-bond acceptors (Lipinski definition) is 5. The lowest BCUT2D eigenvalue weighted by Gasteiger charge is -2.35. The first-order valence-corrected chi connectivity index (χ1v) is 14.1. The minimum atomic E-state index is -0.914. The summed E-state index contributed by atoms with van der Waals surface area (Å²) in [6.45, 7) is 7.85. The lowest BCUT2D eigenvalue weighted by Crippen LogP contribution is -2.54. The van der Waals surface area contributed by atoms with Crippen LogP contribution in [0.1, 0.15) is 97.1 Å². The van der Waals surface area contributed by atoms with Crippen molar-refractivity contribution in [2.45, 2.75) is 109 Å². The van der Waals surface area contributed by atoms with Gasteiger partial charge in [0.15, 0.2) is 0 Å². The molecule has 0 spiro atoms. The van der Waals surface area contributed by atoms with Crippen LogP contribution >= 0.6 is 12.6 Å². The molecule has 0 aliphatic heterocycles. The average molecular weight is 520 g/mol. The highest BCUT2D eigenvalue weighted by atomic mass is 32.1. The van der Waals surface area contributed by atoms with Crippen LogP contribution in [0.15, 0.2) is 30.3 Å². The number of hydrogen-bond donors (Lipinski definition) is 3. The van der Waals surface area contributed by atoms with E-state index in [2.05, 4.69) is 30.2 Å². The van der Waals surface area contributed by atoms with Crippen LogP contribution in [0.3, 0.4) is 0 Å². The second kappa shape index (κ2) is 15.1. The molecule has 0 radical (unpaired) electrons. The molecule has 1 aromatic carbocycles. The molecule has 2 atom stereocenters. The first-order chi connectivity index (χ1) is 17.2. The summed E-state index contributed by atoms with van der Waals surface area (Å²) in [5, 5.41) is 5.89. The van der Waals surface area contributed by atoms with Crippen LogP contribution in [0.25, 0.3) is 0 Å². The lowest BCUT2D eigenvalue weighted by atomic mass is 9.94. The summed E-state index contributed by atoms with van der Waals surface area (Å²) >= 11 is 4.36. The first kappa shape index (κ1) is 30.0. The van der Waals surface area contributed by atoms with E-state index in [-0.39, 0.29) is 23.6 Å². The molecule has 202 valence electrons. The predicted octanol–water partition coefficient (Wildman–Crippen LogP) is 5.41. The summed E-state index contributed by atoms with van der Waals surface area (Å²) in [5.74, 6) is -0.415. The van der Waals surface area contributed by atoms with Gasteiger partial charge in [0.2, 0.25) is 11.8 Å². The molecule has 8 heteroatoms. The van der Waals surface area contributed by atoms with Crippen molar-refractivity contribution in [3.63, 3.8) is 0 Å². The highest BCUT2D eigenvalue weighted by Gasteiger charge is 2.36. The summed E-state index contributed by atoms with van der Waals surface area (Å²) in [5.41, 5.74) is 0.0606. The molecule has 2 unspecified atom stereocenters. The van der Waals surface area contributed by atoms with E-state index in [0.29, 0.717) is 6.54 Å². The molecule has 1 saturated carbocycles. The normalized spacial score (nSPS) is 16.0. The highest BCUT2D eigenvalue weighted by Crippen LogP contribution is 2.25. The summed E-state index contributed by atoms with van der Waals surface area (Å²) < 4.78 is 5.37. The van der Waals surface area contributed by atoms with Gasteiger partial charge in [0.05, 0.1) is 0 Å². The molecular formula is C28H45N3O4S. The van der Waals surface area contributed by atoms with Gasteiger partial charge in [0.1, 0.15) is 17.7 Å². The van der Waals surface area contributed by atoms with Crippen molar-refractivity contribution in [2.75, 3.05) is 12.3 Å². The molecule has 3 amide bonds. The first-order valence-electron chi connectivity index (χ1n) is 13.4. The molecule has 0 heterocycles. The van der Waals surface area contributed by atoms with E-state index in [9.17, 15) is 14.4 Å². The molecule has 36 heavy (non-hydrogen) atoms. The number of carbonyl (C=O) groups excluding carboxylic acids is 3. The quantitative estimate of drug-likeness (QED) is 0.255. The van der Waals surface area contributed by atoms with Gasteiger partial charge in [0.25, 0.3) is 0 Å². The number of alkyl carbamates (subject to hydrolysis) is 1. The summed E-state index contributed by atoms with van der Waals surface area (Å²) in [4.78, 5) is 41.7. The maximum atomic E-state index is 13.9. The molecular weight excluding hydrogens is 474 g/mol. The van der Waals surface area contributed by atoms with Crippen molar-refractivity contribution in [3.05, 3.63) is 35.9 Å². The number of rotatable bonds is 12. The molecule has 1 aliphatic rings. The van der Waals surface area contributed by atoms with Crippen LogP contribution in [0.4, 0.5) is 4.79 Å². The Hall–Kier alpha value is -2.22. The zero-order valence-electron chi connectivity index (χ0n) is 22.4. The maximum absolute atomic E-state index is 13.9. The Labute approximate surface area is 222 Å². The summed E-state index contributed by atoms with van der Waals surface area (Å²) in [6, 6.07) is 7.84. The number of amides is 3. The molecule has 2 N–H and O–H groups in total. The maximum Gasteiger partial charge on any atom is 0.408 e. The van der Waals surface area contributed by atoms with E-state index in [1.807, 2.05) is 30.3 Å². The van der Waals surface area contributed by atoms with Gasteiger partial charge in [-0.15, -0.1) is 0 Å². The van der Waals surface area contributed by atoms with Gasteiger partial charge < -0.3 is 20.3 Å². The third kappa shape index (κ3) is 10.0. The average Bonchev–Trinajstić information content (AvgIpc) is 2.84. The highest BCUT2D eigenvalue weighted by molar-refractivity contribution is 7.80. The molecule has 0 bridgehead atoms. The fourth-order valence-corrected chi connectivity index (χ4v) is 4.79. The van der Waals surface area contributed by atoms with Gasteiger partial charge in [0, 0.05) is 18.3 Å². The van der Waals surface area contributed by atoms with E-state index < -0.39 is 23.8 Å². The van der Waals surface area contributed by atoms with E-state index in [1.54, 1.807) is 25.7 Å². The zero-order chi connectivity index (χ0) is 26.6. The second-order valence-corrected chi connectivity index (χ2v) is 11.0. The van der Waals surface area contributed by atoms with Gasteiger partial charge in [-0.25, -0.2) is 4.79 Å². The van der Waals surface area contributed by atoms with Crippen molar-refractivity contribution in [1.82, 2.24) is 15.5 Å². The Balaban J connectivity index is 2.34. The Kier molecular flexibility index (Phi) is 12.6. The lowest BCUT2D eigenvalue weighted by molar-refractivity contribution is -0.142. The molecule has 1 fully saturated rings. The molecule has 2 rings (SSSR count). The third-order valence-corrected chi connectivity index (χ3v) is 6.70. The Morgan fingerprint density at radius 3 is 2.31 bits per heavy atom. The Morgan fingerprint density at radius 2 is 1.72 bits per heavy atom. The minimum absolute atomic E-state index is 0.0925. The second-order valence-electron chi connectivity index (χ2n) is 10.6. The van der Waals surface area contributed by atoms with Crippen molar-refractivity contribution < 1.29 is 19.1 Å². The molecule has 1 aliphatic carbocycles. The standard InChI is InChI=1S/C28H45N3O4S/c1-5-6-7-14-19-31(26(33)23(20-36)30-27(34)35-28(2,3)4)24(21-15-10-8-11-16-21)25(32)29-22-17-12-9-13-18-22/h8,10-11,15-16,22-24,36H,5-7,9,12-14,17-20H2,1-4H3,(H,29,32)(H,30,34). The smallest absolute Gasteiger partial charge is 0.408 e. The monoisotopic (exact) mass is 519 g/mol. The number of nitrogens with zero attached hydrogens (tertiary/aromatic N) is 1. The molecule has 0 aromatic heterocycles. The largest absolute Gasteiger partial charge is 0.444 e. The fraction of sp³-hybridized carbons (Fsp3) is 0.679. The number of ether oxygens (including phenoxy) is 1. The molecule has 7 nitrogen and oxygen atoms in total. The van der Waals surface area contributed by atoms with Crippen LogP contribution in [0.5, 0.6) is 0 Å². The summed E-state index contributed by atoms with van der Waals surface area (Å²) in [6.07, 6.45) is 8.47. The van der Waals surface area contributed by atoms with Gasteiger partial charge in [-0.2, -0.15) is 12.6 Å². The molecule has 0 saturated heterocycles. The van der Waals surface area contributed by atoms with Gasteiger partial charge in [-0.05, 0) is 45.6 Å². The number of unbranched alkanes of at least 4 members (excludes halogenated alkanes) is 3.